The third-order valence-corrected chi connectivity index (χ3v) is 2.77. The molecular formula is C8H10Br2ClNO. The van der Waals surface area contributed by atoms with Crippen LogP contribution in [0.3, 0.4) is 0 Å². The van der Waals surface area contributed by atoms with Crippen LogP contribution in [0.4, 0.5) is 0 Å². The van der Waals surface area contributed by atoms with Gasteiger partial charge < -0.3 is 10.8 Å². The molecule has 0 fully saturated rings. The number of rotatable bonds is 1. The summed E-state index contributed by atoms with van der Waals surface area (Å²) in [7, 11) is 0. The molecule has 0 aliphatic heterocycles. The van der Waals surface area contributed by atoms with Gasteiger partial charge in [0, 0.05) is 6.04 Å². The van der Waals surface area contributed by atoms with E-state index in [2.05, 4.69) is 31.9 Å². The number of nitrogens with two attached hydrogens (primary N) is 1. The second-order valence-corrected chi connectivity index (χ2v) is 4.33. The maximum atomic E-state index is 9.38. The number of phenolic OH excluding ortho intramolecular Hbond substituents is 1. The van der Waals surface area contributed by atoms with Crippen LogP contribution in [0.15, 0.2) is 21.1 Å². The standard InChI is InChI=1S/C8H9Br2NO.ClH/c1-4(11)5-2-6(9)8(12)7(10)3-5;/h2-4,12H,11H2,1H3;1H/t4-;/m1./s1. The zero-order valence-corrected chi connectivity index (χ0v) is 10.9. The van der Waals surface area contributed by atoms with Gasteiger partial charge in [-0.2, -0.15) is 0 Å². The van der Waals surface area contributed by atoms with E-state index in [0.717, 1.165) is 5.56 Å². The first-order valence-electron chi connectivity index (χ1n) is 3.46. The fourth-order valence-electron chi connectivity index (χ4n) is 0.848. The first kappa shape index (κ1) is 13.2. The van der Waals surface area contributed by atoms with Crippen LogP contribution in [0.5, 0.6) is 5.75 Å². The van der Waals surface area contributed by atoms with Crippen molar-refractivity contribution in [3.05, 3.63) is 26.6 Å². The van der Waals surface area contributed by atoms with Gasteiger partial charge in [-0.3, -0.25) is 0 Å². The van der Waals surface area contributed by atoms with Gasteiger partial charge in [-0.1, -0.05) is 0 Å². The van der Waals surface area contributed by atoms with Crippen LogP contribution in [-0.4, -0.2) is 5.11 Å². The number of benzene rings is 1. The van der Waals surface area contributed by atoms with Gasteiger partial charge in [0.05, 0.1) is 8.95 Å². The molecule has 1 rings (SSSR count). The number of hydrogen-bond acceptors (Lipinski definition) is 2. The highest BCUT2D eigenvalue weighted by molar-refractivity contribution is 9.11. The Bertz CT molecular complexity index is 281. The van der Waals surface area contributed by atoms with E-state index in [1.165, 1.54) is 0 Å². The molecule has 0 heterocycles. The van der Waals surface area contributed by atoms with Gasteiger partial charge >= 0.3 is 0 Å². The molecule has 5 heteroatoms. The van der Waals surface area contributed by atoms with Crippen LogP contribution >= 0.6 is 44.3 Å². The zero-order valence-electron chi connectivity index (χ0n) is 6.92. The SMILES string of the molecule is C[C@@H](N)c1cc(Br)c(O)c(Br)c1.Cl. The molecule has 13 heavy (non-hydrogen) atoms. The molecule has 0 saturated carbocycles. The van der Waals surface area contributed by atoms with Crippen molar-refractivity contribution in [3.8, 4) is 5.75 Å². The highest BCUT2D eigenvalue weighted by Crippen LogP contribution is 2.34. The van der Waals surface area contributed by atoms with Gasteiger partial charge in [0.2, 0.25) is 0 Å². The van der Waals surface area contributed by atoms with Gasteiger partial charge in [-0.15, -0.1) is 12.4 Å². The van der Waals surface area contributed by atoms with Gasteiger partial charge in [0.25, 0.3) is 0 Å². The molecule has 1 aromatic rings. The summed E-state index contributed by atoms with van der Waals surface area (Å²) < 4.78 is 1.31. The van der Waals surface area contributed by atoms with Crippen LogP contribution in [0.25, 0.3) is 0 Å². The van der Waals surface area contributed by atoms with Crippen LogP contribution < -0.4 is 5.73 Å². The van der Waals surface area contributed by atoms with Crippen molar-refractivity contribution in [2.75, 3.05) is 0 Å². The van der Waals surface area contributed by atoms with E-state index in [4.69, 9.17) is 5.73 Å². The summed E-state index contributed by atoms with van der Waals surface area (Å²) >= 11 is 6.46. The first-order chi connectivity index (χ1) is 5.52. The molecule has 3 N–H and O–H groups in total. The summed E-state index contributed by atoms with van der Waals surface area (Å²) in [5.41, 5.74) is 6.66. The monoisotopic (exact) mass is 329 g/mol. The van der Waals surface area contributed by atoms with E-state index >= 15 is 0 Å². The van der Waals surface area contributed by atoms with Crippen molar-refractivity contribution in [3.63, 3.8) is 0 Å². The molecule has 0 aromatic heterocycles. The summed E-state index contributed by atoms with van der Waals surface area (Å²) in [5, 5.41) is 9.38. The minimum atomic E-state index is -0.0294. The minimum Gasteiger partial charge on any atom is -0.506 e. The van der Waals surface area contributed by atoms with E-state index in [0.29, 0.717) is 8.95 Å². The molecule has 0 saturated heterocycles. The average Bonchev–Trinajstić information content (AvgIpc) is 1.99. The van der Waals surface area contributed by atoms with Crippen LogP contribution in [-0.2, 0) is 0 Å². The summed E-state index contributed by atoms with van der Waals surface area (Å²) in [6.45, 7) is 1.89. The molecule has 74 valence electrons. The number of hydrogen-bond donors (Lipinski definition) is 2. The highest BCUT2D eigenvalue weighted by Gasteiger charge is 2.07. The number of phenols is 1. The molecule has 0 radical (unpaired) electrons. The average molecular weight is 331 g/mol. The van der Waals surface area contributed by atoms with Crippen LogP contribution in [0.1, 0.15) is 18.5 Å². The molecular weight excluding hydrogens is 321 g/mol. The normalized spacial score (nSPS) is 12.0. The Balaban J connectivity index is 0.00000144. The topological polar surface area (TPSA) is 46.2 Å². The van der Waals surface area contributed by atoms with Crippen molar-refractivity contribution in [1.82, 2.24) is 0 Å². The lowest BCUT2D eigenvalue weighted by Crippen LogP contribution is -2.04. The Kier molecular flexibility index (Phi) is 5.29. The van der Waals surface area contributed by atoms with Crippen molar-refractivity contribution >= 4 is 44.3 Å². The van der Waals surface area contributed by atoms with E-state index in [9.17, 15) is 5.11 Å². The van der Waals surface area contributed by atoms with Crippen LogP contribution in [0.2, 0.25) is 0 Å². The van der Waals surface area contributed by atoms with Crippen molar-refractivity contribution in [2.24, 2.45) is 5.73 Å². The van der Waals surface area contributed by atoms with Gasteiger partial charge in [-0.25, -0.2) is 0 Å². The van der Waals surface area contributed by atoms with Gasteiger partial charge in [0.15, 0.2) is 0 Å². The smallest absolute Gasteiger partial charge is 0.143 e. The summed E-state index contributed by atoms with van der Waals surface area (Å²) in [5.74, 6) is 0.208. The zero-order chi connectivity index (χ0) is 9.30. The molecule has 0 bridgehead atoms. The van der Waals surface area contributed by atoms with E-state index in [1.807, 2.05) is 19.1 Å². The molecule has 1 atom stereocenters. The molecule has 2 nitrogen and oxygen atoms in total. The lowest BCUT2D eigenvalue weighted by molar-refractivity contribution is 0.468. The fraction of sp³-hybridized carbons (Fsp3) is 0.250. The third kappa shape index (κ3) is 3.13. The Morgan fingerprint density at radius 2 is 1.69 bits per heavy atom. The molecule has 0 aliphatic carbocycles. The van der Waals surface area contributed by atoms with Crippen LogP contribution in [0, 0.1) is 0 Å². The highest BCUT2D eigenvalue weighted by atomic mass is 79.9. The first-order valence-corrected chi connectivity index (χ1v) is 5.04. The molecule has 0 amide bonds. The van der Waals surface area contributed by atoms with Gasteiger partial charge in [0.1, 0.15) is 5.75 Å². The Labute approximate surface area is 100 Å². The Morgan fingerprint density at radius 3 is 2.00 bits per heavy atom. The maximum absolute atomic E-state index is 9.38. The van der Waals surface area contributed by atoms with E-state index in [-0.39, 0.29) is 24.2 Å². The van der Waals surface area contributed by atoms with Gasteiger partial charge in [-0.05, 0) is 56.5 Å². The second kappa shape index (κ2) is 5.20. The molecule has 0 unspecified atom stereocenters. The van der Waals surface area contributed by atoms with E-state index < -0.39 is 0 Å². The van der Waals surface area contributed by atoms with Crippen molar-refractivity contribution in [2.45, 2.75) is 13.0 Å². The maximum Gasteiger partial charge on any atom is 0.143 e. The summed E-state index contributed by atoms with van der Waals surface area (Å²) in [6, 6.07) is 3.59. The largest absolute Gasteiger partial charge is 0.506 e. The molecule has 0 spiro atoms. The Morgan fingerprint density at radius 1 is 1.31 bits per heavy atom. The lowest BCUT2D eigenvalue weighted by atomic mass is 10.1. The second-order valence-electron chi connectivity index (χ2n) is 2.62. The van der Waals surface area contributed by atoms with Crippen molar-refractivity contribution < 1.29 is 5.11 Å². The summed E-state index contributed by atoms with van der Waals surface area (Å²) in [6.07, 6.45) is 0. The number of aromatic hydroxyl groups is 1. The fourth-order valence-corrected chi connectivity index (χ4v) is 2.07. The van der Waals surface area contributed by atoms with Crippen molar-refractivity contribution in [1.29, 1.82) is 0 Å². The quantitative estimate of drug-likeness (QED) is 0.829. The summed E-state index contributed by atoms with van der Waals surface area (Å²) in [4.78, 5) is 0. The molecule has 1 aromatic carbocycles. The predicted octanol–water partition coefficient (Wildman–Crippen LogP) is 3.36. The number of halogens is 3. The molecule has 0 aliphatic rings. The third-order valence-electron chi connectivity index (χ3n) is 1.57. The minimum absolute atomic E-state index is 0. The Hall–Kier alpha value is 0.230. The predicted molar refractivity (Wildman–Crippen MR) is 63.4 cm³/mol. The lowest BCUT2D eigenvalue weighted by Gasteiger charge is -2.08. The van der Waals surface area contributed by atoms with E-state index in [1.54, 1.807) is 0 Å².